The Bertz CT molecular complexity index is 1130. The van der Waals surface area contributed by atoms with Crippen molar-refractivity contribution in [1.82, 2.24) is 9.88 Å². The number of nitrogens with zero attached hydrogens (tertiary/aromatic N) is 2. The van der Waals surface area contributed by atoms with Gasteiger partial charge in [-0.25, -0.2) is 9.37 Å². The highest BCUT2D eigenvalue weighted by Crippen LogP contribution is 2.32. The minimum absolute atomic E-state index is 0.125. The van der Waals surface area contributed by atoms with Crippen molar-refractivity contribution in [2.75, 3.05) is 27.3 Å². The van der Waals surface area contributed by atoms with Crippen molar-refractivity contribution in [2.45, 2.75) is 19.5 Å². The maximum Gasteiger partial charge on any atom is 0.406 e. The maximum absolute atomic E-state index is 13.7. The van der Waals surface area contributed by atoms with E-state index in [-0.39, 0.29) is 18.7 Å². The molecule has 176 valence electrons. The number of methoxy groups -OCH3 is 2. The zero-order valence-corrected chi connectivity index (χ0v) is 19.0. The summed E-state index contributed by atoms with van der Waals surface area (Å²) in [6.45, 7) is 0.00720. The molecule has 5 nitrogen and oxygen atoms in total. The van der Waals surface area contributed by atoms with Crippen molar-refractivity contribution in [2.24, 2.45) is 0 Å². The van der Waals surface area contributed by atoms with Crippen molar-refractivity contribution in [3.63, 3.8) is 0 Å². The summed E-state index contributed by atoms with van der Waals surface area (Å²) in [6, 6.07) is 10.5. The number of hydrogen-bond acceptors (Lipinski definition) is 5. The minimum atomic E-state index is -4.60. The molecule has 1 amide bonds. The predicted octanol–water partition coefficient (Wildman–Crippen LogP) is 5.52. The Labute approximate surface area is 192 Å². The quantitative estimate of drug-likeness (QED) is 0.397. The highest BCUT2D eigenvalue weighted by Gasteiger charge is 2.35. The number of halogens is 4. The minimum Gasteiger partial charge on any atom is -0.493 e. The van der Waals surface area contributed by atoms with Gasteiger partial charge in [0.2, 0.25) is 0 Å². The number of amides is 1. The summed E-state index contributed by atoms with van der Waals surface area (Å²) in [5.41, 5.74) is 0.933. The summed E-state index contributed by atoms with van der Waals surface area (Å²) in [7, 11) is 2.94. The van der Waals surface area contributed by atoms with Gasteiger partial charge < -0.3 is 14.4 Å². The fraction of sp³-hybridized carbons (Fsp3) is 0.304. The van der Waals surface area contributed by atoms with E-state index in [2.05, 4.69) is 4.98 Å². The molecule has 0 radical (unpaired) electrons. The van der Waals surface area contributed by atoms with Gasteiger partial charge in [-0.3, -0.25) is 4.79 Å². The number of carbonyl (C=O) groups excluding carboxylic acids is 1. The van der Waals surface area contributed by atoms with Crippen molar-refractivity contribution < 1.29 is 31.8 Å². The Morgan fingerprint density at radius 1 is 1.09 bits per heavy atom. The van der Waals surface area contributed by atoms with Crippen molar-refractivity contribution in [1.29, 1.82) is 0 Å². The van der Waals surface area contributed by atoms with E-state index in [9.17, 15) is 22.4 Å². The van der Waals surface area contributed by atoms with E-state index in [0.29, 0.717) is 37.4 Å². The van der Waals surface area contributed by atoms with Gasteiger partial charge in [-0.15, -0.1) is 11.3 Å². The molecule has 1 heterocycles. The van der Waals surface area contributed by atoms with Gasteiger partial charge in [-0.1, -0.05) is 18.2 Å². The van der Waals surface area contributed by atoms with Gasteiger partial charge in [0.15, 0.2) is 11.5 Å². The fourth-order valence-electron chi connectivity index (χ4n) is 3.32. The molecule has 3 rings (SSSR count). The Kier molecular flexibility index (Phi) is 7.57. The molecule has 10 heteroatoms. The van der Waals surface area contributed by atoms with Crippen molar-refractivity contribution in [3.8, 4) is 21.9 Å². The molecule has 0 saturated heterocycles. The highest BCUT2D eigenvalue weighted by atomic mass is 32.1. The Hall–Kier alpha value is -3.14. The SMILES string of the molecule is COc1ccc(CCN(CC(F)(F)F)C(=O)c2nc(C)sc2-c2cccc(F)c2)cc1OC. The molecule has 3 aromatic rings. The van der Waals surface area contributed by atoms with Gasteiger partial charge in [0.1, 0.15) is 18.1 Å². The van der Waals surface area contributed by atoms with Crippen LogP contribution in [-0.2, 0) is 6.42 Å². The van der Waals surface area contributed by atoms with Crippen LogP contribution in [-0.4, -0.2) is 49.3 Å². The van der Waals surface area contributed by atoms with Gasteiger partial charge in [0, 0.05) is 6.54 Å². The molecule has 0 spiro atoms. The largest absolute Gasteiger partial charge is 0.493 e. The smallest absolute Gasteiger partial charge is 0.406 e. The molecule has 0 fully saturated rings. The van der Waals surface area contributed by atoms with Crippen LogP contribution >= 0.6 is 11.3 Å². The molecule has 2 aromatic carbocycles. The first kappa shape index (κ1) is 24.5. The van der Waals surface area contributed by atoms with E-state index >= 15 is 0 Å². The number of aryl methyl sites for hydroxylation is 1. The summed E-state index contributed by atoms with van der Waals surface area (Å²) in [5.74, 6) is -0.455. The van der Waals surface area contributed by atoms with E-state index in [1.165, 1.54) is 32.4 Å². The lowest BCUT2D eigenvalue weighted by Crippen LogP contribution is -2.40. The third-order valence-corrected chi connectivity index (χ3v) is 5.82. The number of thiazole rings is 1. The molecule has 0 aliphatic carbocycles. The van der Waals surface area contributed by atoms with Crippen LogP contribution in [0, 0.1) is 12.7 Å². The summed E-state index contributed by atoms with van der Waals surface area (Å²) >= 11 is 1.13. The van der Waals surface area contributed by atoms with Crippen molar-refractivity contribution >= 4 is 17.2 Å². The average Bonchev–Trinajstić information content (AvgIpc) is 3.16. The van der Waals surface area contributed by atoms with Crippen LogP contribution in [0.4, 0.5) is 17.6 Å². The molecular formula is C23H22F4N2O3S. The first-order valence-corrected chi connectivity index (χ1v) is 10.7. The number of carbonyl (C=O) groups is 1. The Balaban J connectivity index is 1.90. The fourth-order valence-corrected chi connectivity index (χ4v) is 4.22. The average molecular weight is 482 g/mol. The number of rotatable bonds is 8. The second kappa shape index (κ2) is 10.2. The lowest BCUT2D eigenvalue weighted by Gasteiger charge is -2.24. The van der Waals surface area contributed by atoms with Gasteiger partial charge in [-0.2, -0.15) is 13.2 Å². The molecule has 0 aliphatic heterocycles. The number of hydrogen-bond donors (Lipinski definition) is 0. The number of benzene rings is 2. The third kappa shape index (κ3) is 6.22. The second-order valence-corrected chi connectivity index (χ2v) is 8.41. The summed E-state index contributed by atoms with van der Waals surface area (Å²) in [4.78, 5) is 18.4. The standard InChI is InChI=1S/C23H22F4N2O3S/c1-14-28-20(21(33-14)16-5-4-6-17(24)12-16)22(30)29(13-23(25,26)27)10-9-15-7-8-18(31-2)19(11-15)32-3/h4-8,11-12H,9-10,13H2,1-3H3. The molecule has 0 saturated carbocycles. The number of alkyl halides is 3. The zero-order chi connectivity index (χ0) is 24.2. The van der Waals surface area contributed by atoms with E-state index < -0.39 is 24.4 Å². The maximum atomic E-state index is 13.7. The molecule has 0 atom stereocenters. The van der Waals surface area contributed by atoms with Crippen LogP contribution in [0.2, 0.25) is 0 Å². The van der Waals surface area contributed by atoms with Gasteiger partial charge in [0.25, 0.3) is 5.91 Å². The van der Waals surface area contributed by atoms with Crippen LogP contribution in [0.1, 0.15) is 21.1 Å². The monoisotopic (exact) mass is 482 g/mol. The van der Waals surface area contributed by atoms with E-state index in [1.54, 1.807) is 31.2 Å². The molecule has 0 aliphatic rings. The summed E-state index contributed by atoms with van der Waals surface area (Å²) in [5, 5.41) is 0.490. The van der Waals surface area contributed by atoms with E-state index in [4.69, 9.17) is 9.47 Å². The molecule has 0 unspecified atom stereocenters. The van der Waals surface area contributed by atoms with Crippen LogP contribution < -0.4 is 9.47 Å². The zero-order valence-electron chi connectivity index (χ0n) is 18.2. The lowest BCUT2D eigenvalue weighted by atomic mass is 10.1. The van der Waals surface area contributed by atoms with Crippen LogP contribution in [0.5, 0.6) is 11.5 Å². The molecule has 0 bridgehead atoms. The van der Waals surface area contributed by atoms with E-state index in [0.717, 1.165) is 11.3 Å². The number of aromatic nitrogens is 1. The first-order valence-electron chi connectivity index (χ1n) is 9.91. The molecular weight excluding hydrogens is 460 g/mol. The molecule has 33 heavy (non-hydrogen) atoms. The number of ether oxygens (including phenoxy) is 2. The van der Waals surface area contributed by atoms with E-state index in [1.807, 2.05) is 0 Å². The predicted molar refractivity (Wildman–Crippen MR) is 117 cm³/mol. The molecule has 0 N–H and O–H groups in total. The van der Waals surface area contributed by atoms with Crippen molar-refractivity contribution in [3.05, 3.63) is 64.5 Å². The van der Waals surface area contributed by atoms with Crippen LogP contribution in [0.15, 0.2) is 42.5 Å². The van der Waals surface area contributed by atoms with Gasteiger partial charge in [-0.05, 0) is 48.7 Å². The second-order valence-electron chi connectivity index (χ2n) is 7.20. The molecule has 1 aromatic heterocycles. The van der Waals surface area contributed by atoms with Crippen LogP contribution in [0.3, 0.4) is 0 Å². The first-order chi connectivity index (χ1) is 15.6. The Morgan fingerprint density at radius 2 is 1.82 bits per heavy atom. The normalized spacial score (nSPS) is 11.4. The topological polar surface area (TPSA) is 51.7 Å². The lowest BCUT2D eigenvalue weighted by molar-refractivity contribution is -0.140. The van der Waals surface area contributed by atoms with Gasteiger partial charge >= 0.3 is 6.18 Å². The van der Waals surface area contributed by atoms with Crippen LogP contribution in [0.25, 0.3) is 10.4 Å². The summed E-state index contributed by atoms with van der Waals surface area (Å²) < 4.78 is 64.1. The van der Waals surface area contributed by atoms with Gasteiger partial charge in [0.05, 0.1) is 24.1 Å². The Morgan fingerprint density at radius 3 is 2.45 bits per heavy atom. The highest BCUT2D eigenvalue weighted by molar-refractivity contribution is 7.15. The summed E-state index contributed by atoms with van der Waals surface area (Å²) in [6.07, 6.45) is -4.45. The third-order valence-electron chi connectivity index (χ3n) is 4.80.